The number of nitrogens with one attached hydrogen (secondary N) is 1. The van der Waals surface area contributed by atoms with Gasteiger partial charge in [0.15, 0.2) is 0 Å². The minimum atomic E-state index is 0.496. The Labute approximate surface area is 109 Å². The summed E-state index contributed by atoms with van der Waals surface area (Å²) >= 11 is 0. The average molecular weight is 237 g/mol. The van der Waals surface area contributed by atoms with Gasteiger partial charge in [-0.2, -0.15) is 0 Å². The maximum atomic E-state index is 3.68. The van der Waals surface area contributed by atoms with Crippen LogP contribution in [0, 0.1) is 12.8 Å². The van der Waals surface area contributed by atoms with Gasteiger partial charge in [-0.15, -0.1) is 0 Å². The van der Waals surface area contributed by atoms with E-state index in [4.69, 9.17) is 0 Å². The van der Waals surface area contributed by atoms with E-state index in [0.717, 1.165) is 0 Å². The lowest BCUT2D eigenvalue weighted by Gasteiger charge is -2.45. The lowest BCUT2D eigenvalue weighted by atomic mass is 9.77. The lowest BCUT2D eigenvalue weighted by molar-refractivity contribution is 0.161. The van der Waals surface area contributed by atoms with Gasteiger partial charge >= 0.3 is 0 Å². The second kappa shape index (κ2) is 4.58. The first-order valence-corrected chi connectivity index (χ1v) is 6.63. The summed E-state index contributed by atoms with van der Waals surface area (Å²) in [4.78, 5) is 0. The molecule has 1 heteroatoms. The van der Waals surface area contributed by atoms with Crippen LogP contribution >= 0.6 is 0 Å². The smallest absolute Gasteiger partial charge is 0.0369 e. The van der Waals surface area contributed by atoms with Crippen LogP contribution in [-0.4, -0.2) is 0 Å². The molecule has 0 amide bonds. The Kier molecular flexibility index (Phi) is 2.92. The Bertz CT molecular complexity index is 515. The molecule has 1 nitrogen and oxygen atoms in total. The summed E-state index contributed by atoms with van der Waals surface area (Å²) in [7, 11) is 0. The summed E-state index contributed by atoms with van der Waals surface area (Å²) in [5.74, 6) is 0.648. The zero-order valence-corrected chi connectivity index (χ0v) is 10.9. The second-order valence-electron chi connectivity index (χ2n) is 5.30. The third kappa shape index (κ3) is 1.95. The van der Waals surface area contributed by atoms with E-state index in [1.807, 2.05) is 0 Å². The van der Waals surface area contributed by atoms with E-state index >= 15 is 0 Å². The summed E-state index contributed by atoms with van der Waals surface area (Å²) in [6.45, 7) is 4.47. The van der Waals surface area contributed by atoms with Crippen LogP contribution in [0.25, 0.3) is 0 Å². The fourth-order valence-corrected chi connectivity index (χ4v) is 2.80. The molecule has 3 rings (SSSR count). The van der Waals surface area contributed by atoms with E-state index in [9.17, 15) is 0 Å². The Morgan fingerprint density at radius 3 is 1.89 bits per heavy atom. The second-order valence-corrected chi connectivity index (χ2v) is 5.30. The highest BCUT2D eigenvalue weighted by atomic mass is 15.1. The summed E-state index contributed by atoms with van der Waals surface area (Å²) in [6, 6.07) is 20.6. The van der Waals surface area contributed by atoms with E-state index in [1.165, 1.54) is 16.7 Å². The van der Waals surface area contributed by atoms with Crippen molar-refractivity contribution in [1.29, 1.82) is 0 Å². The number of aryl methyl sites for hydroxylation is 1. The number of hydrogen-bond donors (Lipinski definition) is 1. The molecule has 1 aliphatic rings. The van der Waals surface area contributed by atoms with Gasteiger partial charge in [-0.05, 0) is 24.0 Å². The van der Waals surface area contributed by atoms with Crippen molar-refractivity contribution in [2.45, 2.75) is 25.9 Å². The van der Waals surface area contributed by atoms with Crippen molar-refractivity contribution in [2.24, 2.45) is 5.92 Å². The molecule has 1 N–H and O–H groups in total. The molecular weight excluding hydrogens is 218 g/mol. The van der Waals surface area contributed by atoms with Crippen LogP contribution in [0.3, 0.4) is 0 Å². The first-order valence-electron chi connectivity index (χ1n) is 6.63. The normalized spacial score (nSPS) is 26.7. The van der Waals surface area contributed by atoms with Crippen molar-refractivity contribution in [1.82, 2.24) is 5.32 Å². The maximum absolute atomic E-state index is 3.68. The average Bonchev–Trinajstić information content (AvgIpc) is 2.41. The standard InChI is InChI=1S/C17H19N/c1-12-8-10-15(11-9-12)17-13(2)16(18-17)14-6-4-3-5-7-14/h3-11,13,16-18H,1-2H3/t13-,16+,17-/m0/s1. The van der Waals surface area contributed by atoms with Crippen LogP contribution in [0.2, 0.25) is 0 Å². The quantitative estimate of drug-likeness (QED) is 0.832. The van der Waals surface area contributed by atoms with Crippen LogP contribution in [0.5, 0.6) is 0 Å². The van der Waals surface area contributed by atoms with Gasteiger partial charge in [0, 0.05) is 12.1 Å². The van der Waals surface area contributed by atoms with Crippen molar-refractivity contribution in [3.05, 3.63) is 71.3 Å². The van der Waals surface area contributed by atoms with E-state index in [1.54, 1.807) is 0 Å². The topological polar surface area (TPSA) is 12.0 Å². The van der Waals surface area contributed by atoms with Crippen LogP contribution in [0.1, 0.15) is 35.7 Å². The molecule has 0 radical (unpaired) electrons. The molecule has 0 bridgehead atoms. The minimum Gasteiger partial charge on any atom is -0.302 e. The Morgan fingerprint density at radius 2 is 1.33 bits per heavy atom. The van der Waals surface area contributed by atoms with E-state index in [2.05, 4.69) is 73.8 Å². The monoisotopic (exact) mass is 237 g/mol. The van der Waals surface area contributed by atoms with E-state index in [-0.39, 0.29) is 0 Å². The highest BCUT2D eigenvalue weighted by Gasteiger charge is 2.38. The summed E-state index contributed by atoms with van der Waals surface area (Å²) < 4.78 is 0. The Balaban J connectivity index is 1.75. The third-order valence-corrected chi connectivity index (χ3v) is 4.01. The van der Waals surface area contributed by atoms with Gasteiger partial charge < -0.3 is 5.32 Å². The molecule has 92 valence electrons. The summed E-state index contributed by atoms with van der Waals surface area (Å²) in [5, 5.41) is 3.68. The number of benzene rings is 2. The maximum Gasteiger partial charge on any atom is 0.0369 e. The molecule has 1 heterocycles. The number of hydrogen-bond acceptors (Lipinski definition) is 1. The lowest BCUT2D eigenvalue weighted by Crippen LogP contribution is -2.47. The van der Waals surface area contributed by atoms with Crippen molar-refractivity contribution in [3.63, 3.8) is 0 Å². The van der Waals surface area contributed by atoms with Gasteiger partial charge in [0.1, 0.15) is 0 Å². The van der Waals surface area contributed by atoms with Crippen molar-refractivity contribution >= 4 is 0 Å². The number of rotatable bonds is 2. The fraction of sp³-hybridized carbons (Fsp3) is 0.294. The predicted octanol–water partition coefficient (Wildman–Crippen LogP) is 4.02. The van der Waals surface area contributed by atoms with E-state index in [0.29, 0.717) is 18.0 Å². The highest BCUT2D eigenvalue weighted by molar-refractivity contribution is 5.31. The highest BCUT2D eigenvalue weighted by Crippen LogP contribution is 2.42. The van der Waals surface area contributed by atoms with Crippen molar-refractivity contribution in [2.75, 3.05) is 0 Å². The third-order valence-electron chi connectivity index (χ3n) is 4.01. The molecule has 0 aromatic heterocycles. The molecule has 1 saturated heterocycles. The molecule has 1 aliphatic heterocycles. The molecule has 2 aromatic carbocycles. The molecule has 1 fully saturated rings. The van der Waals surface area contributed by atoms with Crippen LogP contribution in [0.15, 0.2) is 54.6 Å². The van der Waals surface area contributed by atoms with E-state index < -0.39 is 0 Å². The minimum absolute atomic E-state index is 0.496. The summed E-state index contributed by atoms with van der Waals surface area (Å²) in [5.41, 5.74) is 4.12. The van der Waals surface area contributed by atoms with Gasteiger partial charge in [0.25, 0.3) is 0 Å². The van der Waals surface area contributed by atoms with Crippen LogP contribution in [-0.2, 0) is 0 Å². The van der Waals surface area contributed by atoms with Gasteiger partial charge in [0.2, 0.25) is 0 Å². The summed E-state index contributed by atoms with van der Waals surface area (Å²) in [6.07, 6.45) is 0. The van der Waals surface area contributed by atoms with Gasteiger partial charge in [0.05, 0.1) is 0 Å². The van der Waals surface area contributed by atoms with Crippen LogP contribution in [0.4, 0.5) is 0 Å². The zero-order chi connectivity index (χ0) is 12.5. The fourth-order valence-electron chi connectivity index (χ4n) is 2.80. The molecule has 2 aromatic rings. The molecule has 0 unspecified atom stereocenters. The van der Waals surface area contributed by atoms with Crippen LogP contribution < -0.4 is 5.32 Å². The van der Waals surface area contributed by atoms with Gasteiger partial charge in [-0.25, -0.2) is 0 Å². The molecule has 0 saturated carbocycles. The molecule has 0 aliphatic carbocycles. The van der Waals surface area contributed by atoms with Gasteiger partial charge in [-0.1, -0.05) is 67.1 Å². The zero-order valence-electron chi connectivity index (χ0n) is 10.9. The molecular formula is C17H19N. The van der Waals surface area contributed by atoms with Crippen molar-refractivity contribution < 1.29 is 0 Å². The first-order chi connectivity index (χ1) is 8.75. The SMILES string of the molecule is Cc1ccc([C@H]2N[C@@H](c3ccccc3)[C@@H]2C)cc1. The molecule has 18 heavy (non-hydrogen) atoms. The largest absolute Gasteiger partial charge is 0.302 e. The predicted molar refractivity (Wildman–Crippen MR) is 75.4 cm³/mol. The molecule has 3 atom stereocenters. The first kappa shape index (κ1) is 11.5. The van der Waals surface area contributed by atoms with Crippen molar-refractivity contribution in [3.8, 4) is 0 Å². The Morgan fingerprint density at radius 1 is 0.778 bits per heavy atom. The van der Waals surface area contributed by atoms with Gasteiger partial charge in [-0.3, -0.25) is 0 Å². The Hall–Kier alpha value is -1.60. The molecule has 0 spiro atoms.